The number of anilines is 1. The first-order valence-corrected chi connectivity index (χ1v) is 9.50. The number of allylic oxidation sites excluding steroid dienone is 4. The summed E-state index contributed by atoms with van der Waals surface area (Å²) < 4.78 is 0. The van der Waals surface area contributed by atoms with Crippen LogP contribution in [0.3, 0.4) is 0 Å². The Labute approximate surface area is 158 Å². The van der Waals surface area contributed by atoms with Gasteiger partial charge in [-0.1, -0.05) is 54.6 Å². The van der Waals surface area contributed by atoms with E-state index in [4.69, 9.17) is 11.5 Å². The minimum absolute atomic E-state index is 0.307. The molecular formula is C25H20N2. The molecule has 1 spiro atoms. The highest BCUT2D eigenvalue weighted by Gasteiger charge is 2.52. The molecule has 0 saturated carbocycles. The molecule has 0 atom stereocenters. The van der Waals surface area contributed by atoms with Crippen LogP contribution >= 0.6 is 0 Å². The molecule has 0 radical (unpaired) electrons. The predicted molar refractivity (Wildman–Crippen MR) is 111 cm³/mol. The van der Waals surface area contributed by atoms with Crippen LogP contribution < -0.4 is 11.5 Å². The van der Waals surface area contributed by atoms with E-state index in [0.29, 0.717) is 0 Å². The molecule has 4 N–H and O–H groups in total. The molecule has 3 aromatic carbocycles. The van der Waals surface area contributed by atoms with E-state index >= 15 is 0 Å². The molecule has 3 aromatic rings. The van der Waals surface area contributed by atoms with Gasteiger partial charge < -0.3 is 11.5 Å². The normalized spacial score (nSPS) is 18.0. The highest BCUT2D eigenvalue weighted by atomic mass is 14.6. The Bertz CT molecular complexity index is 1150. The molecule has 0 amide bonds. The quantitative estimate of drug-likeness (QED) is 0.563. The van der Waals surface area contributed by atoms with Crippen molar-refractivity contribution in [2.24, 2.45) is 5.73 Å². The van der Waals surface area contributed by atoms with Gasteiger partial charge in [-0.05, 0) is 75.6 Å². The number of hydrogen-bond donors (Lipinski definition) is 2. The van der Waals surface area contributed by atoms with Crippen molar-refractivity contribution in [3.05, 3.63) is 106 Å². The molecule has 6 rings (SSSR count). The van der Waals surface area contributed by atoms with Gasteiger partial charge in [0.05, 0.1) is 5.41 Å². The zero-order valence-corrected chi connectivity index (χ0v) is 15.0. The Kier molecular flexibility index (Phi) is 2.71. The molecule has 0 bridgehead atoms. The predicted octanol–water partition coefficient (Wildman–Crippen LogP) is 4.99. The zero-order valence-electron chi connectivity index (χ0n) is 15.0. The van der Waals surface area contributed by atoms with Gasteiger partial charge in [-0.25, -0.2) is 0 Å². The first-order valence-electron chi connectivity index (χ1n) is 9.50. The highest BCUT2D eigenvalue weighted by Crippen LogP contribution is 2.63. The van der Waals surface area contributed by atoms with Crippen molar-refractivity contribution in [2.75, 3.05) is 5.73 Å². The molecule has 0 saturated heterocycles. The smallest absolute Gasteiger partial charge is 0.0723 e. The fourth-order valence-electron chi connectivity index (χ4n) is 5.46. The van der Waals surface area contributed by atoms with Crippen molar-refractivity contribution in [1.82, 2.24) is 0 Å². The van der Waals surface area contributed by atoms with Crippen LogP contribution in [0.4, 0.5) is 5.69 Å². The Morgan fingerprint density at radius 3 is 2.04 bits per heavy atom. The van der Waals surface area contributed by atoms with Gasteiger partial charge in [0.2, 0.25) is 0 Å². The molecule has 3 aliphatic rings. The molecule has 0 fully saturated rings. The van der Waals surface area contributed by atoms with E-state index in [-0.39, 0.29) is 5.41 Å². The van der Waals surface area contributed by atoms with E-state index in [0.717, 1.165) is 24.2 Å². The van der Waals surface area contributed by atoms with Gasteiger partial charge in [0.25, 0.3) is 0 Å². The molecule has 130 valence electrons. The topological polar surface area (TPSA) is 52.0 Å². The van der Waals surface area contributed by atoms with Crippen molar-refractivity contribution in [2.45, 2.75) is 18.3 Å². The minimum atomic E-state index is -0.307. The maximum atomic E-state index is 6.35. The lowest BCUT2D eigenvalue weighted by Gasteiger charge is -2.32. The average molecular weight is 348 g/mol. The molecule has 0 heterocycles. The third-order valence-corrected chi connectivity index (χ3v) is 6.45. The first-order chi connectivity index (χ1) is 13.2. The maximum absolute atomic E-state index is 6.35. The number of fused-ring (bicyclic) bond motifs is 9. The summed E-state index contributed by atoms with van der Waals surface area (Å²) in [4.78, 5) is 0. The lowest BCUT2D eigenvalue weighted by atomic mass is 9.69. The number of nitrogens with two attached hydrogens (primary N) is 2. The number of rotatable bonds is 0. The van der Waals surface area contributed by atoms with E-state index in [9.17, 15) is 0 Å². The van der Waals surface area contributed by atoms with E-state index in [1.807, 2.05) is 6.07 Å². The van der Waals surface area contributed by atoms with Crippen LogP contribution in [-0.2, 0) is 5.41 Å². The van der Waals surface area contributed by atoms with E-state index in [2.05, 4.69) is 66.7 Å². The Morgan fingerprint density at radius 2 is 1.33 bits per heavy atom. The first kappa shape index (κ1) is 14.9. The molecule has 0 unspecified atom stereocenters. The summed E-state index contributed by atoms with van der Waals surface area (Å²) in [6, 6.07) is 24.0. The summed E-state index contributed by atoms with van der Waals surface area (Å²) in [5.74, 6) is 0. The van der Waals surface area contributed by atoms with Gasteiger partial charge >= 0.3 is 0 Å². The standard InChI is InChI=1S/C25H20N2/c26-15-9-11-19-20-12-10-16(27)14-24(20)25(23(19)13-15)21-7-3-1-5-17(21)18-6-2-4-8-22(18)25/h1-9,11,13-14H,10,12,26-27H2. The fraction of sp³-hybridized carbons (Fsp3) is 0.120. The van der Waals surface area contributed by atoms with Crippen molar-refractivity contribution in [1.29, 1.82) is 0 Å². The van der Waals surface area contributed by atoms with Crippen molar-refractivity contribution in [3.8, 4) is 11.1 Å². The molecule has 2 heteroatoms. The van der Waals surface area contributed by atoms with Crippen LogP contribution in [0.5, 0.6) is 0 Å². The lowest BCUT2D eigenvalue weighted by molar-refractivity contribution is 0.775. The summed E-state index contributed by atoms with van der Waals surface area (Å²) in [6.07, 6.45) is 4.14. The molecule has 0 aromatic heterocycles. The summed E-state index contributed by atoms with van der Waals surface area (Å²) in [7, 11) is 0. The Hall–Kier alpha value is -3.26. The van der Waals surface area contributed by atoms with Gasteiger partial charge in [-0.15, -0.1) is 0 Å². The Balaban J connectivity index is 1.84. The molecule has 3 aliphatic carbocycles. The molecule has 0 aliphatic heterocycles. The summed E-state index contributed by atoms with van der Waals surface area (Å²) in [5.41, 5.74) is 24.8. The summed E-state index contributed by atoms with van der Waals surface area (Å²) in [6.45, 7) is 0. The van der Waals surface area contributed by atoms with Crippen LogP contribution in [0.15, 0.2) is 84.1 Å². The van der Waals surface area contributed by atoms with Crippen LogP contribution in [0.2, 0.25) is 0 Å². The van der Waals surface area contributed by atoms with Gasteiger partial charge in [-0.2, -0.15) is 0 Å². The van der Waals surface area contributed by atoms with Crippen molar-refractivity contribution in [3.63, 3.8) is 0 Å². The number of benzene rings is 3. The van der Waals surface area contributed by atoms with Crippen LogP contribution in [0.25, 0.3) is 16.7 Å². The average Bonchev–Trinajstić information content (AvgIpc) is 3.14. The van der Waals surface area contributed by atoms with Crippen LogP contribution in [0, 0.1) is 0 Å². The SMILES string of the molecule is NC1=CC2=C(CC1)c1ccc(N)cc1C21c2ccccc2-c2ccccc21. The van der Waals surface area contributed by atoms with E-state index in [1.165, 1.54) is 44.5 Å². The van der Waals surface area contributed by atoms with Gasteiger partial charge in [0, 0.05) is 11.4 Å². The second-order valence-electron chi connectivity index (χ2n) is 7.76. The van der Waals surface area contributed by atoms with Crippen LogP contribution in [-0.4, -0.2) is 0 Å². The monoisotopic (exact) mass is 348 g/mol. The van der Waals surface area contributed by atoms with Gasteiger partial charge in [0.1, 0.15) is 0 Å². The largest absolute Gasteiger partial charge is 0.402 e. The van der Waals surface area contributed by atoms with E-state index < -0.39 is 0 Å². The van der Waals surface area contributed by atoms with Crippen LogP contribution in [0.1, 0.15) is 35.1 Å². The third-order valence-electron chi connectivity index (χ3n) is 6.45. The molecule has 2 nitrogen and oxygen atoms in total. The minimum Gasteiger partial charge on any atom is -0.402 e. The summed E-state index contributed by atoms with van der Waals surface area (Å²) in [5, 5.41) is 0. The lowest BCUT2D eigenvalue weighted by Crippen LogP contribution is -2.27. The summed E-state index contributed by atoms with van der Waals surface area (Å²) >= 11 is 0. The van der Waals surface area contributed by atoms with Gasteiger partial charge in [0.15, 0.2) is 0 Å². The van der Waals surface area contributed by atoms with Gasteiger partial charge in [-0.3, -0.25) is 0 Å². The number of hydrogen-bond acceptors (Lipinski definition) is 2. The number of nitrogen functional groups attached to an aromatic ring is 1. The fourth-order valence-corrected chi connectivity index (χ4v) is 5.46. The third kappa shape index (κ3) is 1.66. The van der Waals surface area contributed by atoms with Crippen molar-refractivity contribution >= 4 is 11.3 Å². The molecule has 27 heavy (non-hydrogen) atoms. The second-order valence-corrected chi connectivity index (χ2v) is 7.76. The maximum Gasteiger partial charge on any atom is 0.0723 e. The second kappa shape index (κ2) is 4.92. The molecular weight excluding hydrogens is 328 g/mol. The zero-order chi connectivity index (χ0) is 18.2. The Morgan fingerprint density at radius 1 is 0.667 bits per heavy atom. The highest BCUT2D eigenvalue weighted by molar-refractivity contribution is 5.96. The van der Waals surface area contributed by atoms with E-state index in [1.54, 1.807) is 0 Å². The van der Waals surface area contributed by atoms with Crippen molar-refractivity contribution < 1.29 is 0 Å².